The number of rotatable bonds is 4. The number of benzene rings is 3. The molecule has 1 N–H and O–H groups in total. The molecule has 1 atom stereocenters. The Hall–Kier alpha value is -2.96. The number of amides is 2. The van der Waals surface area contributed by atoms with Crippen molar-refractivity contribution in [1.29, 1.82) is 0 Å². The monoisotopic (exact) mass is 506 g/mol. The lowest BCUT2D eigenvalue weighted by atomic mass is 10.1. The van der Waals surface area contributed by atoms with Crippen molar-refractivity contribution in [2.75, 3.05) is 4.90 Å². The summed E-state index contributed by atoms with van der Waals surface area (Å²) in [5.41, 5.74) is 2.24. The van der Waals surface area contributed by atoms with Crippen LogP contribution in [0.15, 0.2) is 76.5 Å². The highest BCUT2D eigenvalue weighted by Gasteiger charge is 2.31. The fourth-order valence-corrected chi connectivity index (χ4v) is 6.30. The van der Waals surface area contributed by atoms with E-state index in [9.17, 15) is 13.8 Å². The predicted molar refractivity (Wildman–Crippen MR) is 138 cm³/mol. The largest absolute Gasteiger partial charge is 0.349 e. The van der Waals surface area contributed by atoms with Crippen LogP contribution in [0.2, 0.25) is 5.02 Å². The minimum atomic E-state index is -1.56. The van der Waals surface area contributed by atoms with Crippen LogP contribution >= 0.6 is 11.6 Å². The van der Waals surface area contributed by atoms with Crippen LogP contribution in [0.4, 0.5) is 5.69 Å². The molecule has 3 aromatic carbocycles. The molecule has 2 amide bonds. The van der Waals surface area contributed by atoms with Gasteiger partial charge in [-0.3, -0.25) is 9.59 Å². The van der Waals surface area contributed by atoms with Gasteiger partial charge in [0.25, 0.3) is 11.8 Å². The zero-order valence-corrected chi connectivity index (χ0v) is 20.9. The maximum atomic E-state index is 13.7. The molecule has 0 radical (unpaired) electrons. The van der Waals surface area contributed by atoms with Gasteiger partial charge in [0.05, 0.1) is 38.4 Å². The molecule has 1 aliphatic heterocycles. The Morgan fingerprint density at radius 2 is 1.66 bits per heavy atom. The van der Waals surface area contributed by atoms with Gasteiger partial charge in [0.1, 0.15) is 0 Å². The number of anilines is 1. The van der Waals surface area contributed by atoms with Crippen LogP contribution < -0.4 is 10.2 Å². The second-order valence-electron chi connectivity index (χ2n) is 9.13. The van der Waals surface area contributed by atoms with Crippen molar-refractivity contribution in [2.45, 2.75) is 60.9 Å². The highest BCUT2D eigenvalue weighted by atomic mass is 35.5. The van der Waals surface area contributed by atoms with Gasteiger partial charge in [0.2, 0.25) is 0 Å². The summed E-state index contributed by atoms with van der Waals surface area (Å²) in [5, 5.41) is 3.79. The van der Waals surface area contributed by atoms with Crippen LogP contribution in [0.5, 0.6) is 0 Å². The standard InChI is InChI=1S/C28H27ClN2O3S/c29-21-14-11-19(12-15-21)18-31-24-17-20(27(32)30-22-7-3-1-2-4-8-22)13-16-26(24)35(34)25-10-6-5-9-23(25)28(31)33/h5-6,9-17,22H,1-4,7-8,18H2,(H,30,32)/t35-/m0/s1. The minimum Gasteiger partial charge on any atom is -0.349 e. The molecule has 35 heavy (non-hydrogen) atoms. The Balaban J connectivity index is 1.54. The summed E-state index contributed by atoms with van der Waals surface area (Å²) in [5.74, 6) is -0.407. The molecule has 2 aliphatic rings. The van der Waals surface area contributed by atoms with Gasteiger partial charge in [-0.15, -0.1) is 0 Å². The topological polar surface area (TPSA) is 66.5 Å². The van der Waals surface area contributed by atoms with Crippen molar-refractivity contribution in [3.05, 3.63) is 88.4 Å². The van der Waals surface area contributed by atoms with E-state index >= 15 is 0 Å². The van der Waals surface area contributed by atoms with Crippen molar-refractivity contribution in [1.82, 2.24) is 5.32 Å². The molecule has 0 saturated heterocycles. The molecule has 1 saturated carbocycles. The summed E-state index contributed by atoms with van der Waals surface area (Å²) in [6, 6.07) is 19.6. The first-order valence-corrected chi connectivity index (χ1v) is 13.6. The lowest BCUT2D eigenvalue weighted by Crippen LogP contribution is -2.35. The number of nitrogens with zero attached hydrogens (tertiary/aromatic N) is 1. The number of carbonyl (C=O) groups is 2. The molecule has 3 aromatic rings. The van der Waals surface area contributed by atoms with Crippen molar-refractivity contribution in [3.8, 4) is 0 Å². The van der Waals surface area contributed by atoms with Crippen LogP contribution in [0.3, 0.4) is 0 Å². The second-order valence-corrected chi connectivity index (χ2v) is 11.0. The molecule has 1 aliphatic carbocycles. The average molecular weight is 507 g/mol. The van der Waals surface area contributed by atoms with E-state index < -0.39 is 10.8 Å². The van der Waals surface area contributed by atoms with Crippen molar-refractivity contribution < 1.29 is 13.8 Å². The molecule has 7 heteroatoms. The minimum absolute atomic E-state index is 0.161. The van der Waals surface area contributed by atoms with E-state index in [1.807, 2.05) is 12.1 Å². The Morgan fingerprint density at radius 1 is 0.943 bits per heavy atom. The summed E-state index contributed by atoms with van der Waals surface area (Å²) >= 11 is 6.06. The van der Waals surface area contributed by atoms with Crippen molar-refractivity contribution >= 4 is 39.9 Å². The zero-order valence-electron chi connectivity index (χ0n) is 19.3. The summed E-state index contributed by atoms with van der Waals surface area (Å²) < 4.78 is 13.6. The van der Waals surface area contributed by atoms with Gasteiger partial charge in [-0.1, -0.05) is 61.5 Å². The maximum absolute atomic E-state index is 13.7. The normalized spacial score (nSPS) is 18.3. The van der Waals surface area contributed by atoms with Crippen LogP contribution in [0, 0.1) is 0 Å². The van der Waals surface area contributed by atoms with Crippen LogP contribution in [-0.2, 0) is 17.3 Å². The third-order valence-corrected chi connectivity index (χ3v) is 8.47. The van der Waals surface area contributed by atoms with Gasteiger partial charge >= 0.3 is 0 Å². The smallest absolute Gasteiger partial charge is 0.259 e. The zero-order chi connectivity index (χ0) is 24.4. The fraction of sp³-hybridized carbons (Fsp3) is 0.286. The summed E-state index contributed by atoms with van der Waals surface area (Å²) in [4.78, 5) is 29.5. The Morgan fingerprint density at radius 3 is 2.40 bits per heavy atom. The molecule has 0 unspecified atom stereocenters. The highest BCUT2D eigenvalue weighted by Crippen LogP contribution is 2.36. The molecule has 0 aromatic heterocycles. The second kappa shape index (κ2) is 10.3. The molecule has 5 rings (SSSR count). The van der Waals surface area contributed by atoms with Gasteiger partial charge in [-0.2, -0.15) is 0 Å². The van der Waals surface area contributed by atoms with Crippen LogP contribution in [0.25, 0.3) is 0 Å². The van der Waals surface area contributed by atoms with Gasteiger partial charge < -0.3 is 10.2 Å². The summed E-state index contributed by atoms with van der Waals surface area (Å²) in [7, 11) is -1.56. The number of fused-ring (bicyclic) bond motifs is 2. The van der Waals surface area contributed by atoms with E-state index in [0.29, 0.717) is 31.6 Å². The third kappa shape index (κ3) is 5.04. The summed E-state index contributed by atoms with van der Waals surface area (Å²) in [6.45, 7) is 0.266. The molecule has 180 valence electrons. The molecule has 0 spiro atoms. The van der Waals surface area contributed by atoms with E-state index in [1.165, 1.54) is 12.8 Å². The third-order valence-electron chi connectivity index (χ3n) is 6.72. The molecule has 5 nitrogen and oxygen atoms in total. The Bertz CT molecular complexity index is 1280. The lowest BCUT2D eigenvalue weighted by Gasteiger charge is -2.24. The number of halogens is 1. The van der Waals surface area contributed by atoms with Gasteiger partial charge in [-0.05, 0) is 60.9 Å². The van der Waals surface area contributed by atoms with Gasteiger partial charge in [-0.25, -0.2) is 4.21 Å². The van der Waals surface area contributed by atoms with E-state index in [2.05, 4.69) is 5.32 Å². The number of hydrogen-bond acceptors (Lipinski definition) is 3. The predicted octanol–water partition coefficient (Wildman–Crippen LogP) is 6.12. The highest BCUT2D eigenvalue weighted by molar-refractivity contribution is 7.85. The van der Waals surface area contributed by atoms with Gasteiger partial charge in [0, 0.05) is 16.6 Å². The lowest BCUT2D eigenvalue weighted by molar-refractivity contribution is 0.0931. The number of hydrogen-bond donors (Lipinski definition) is 1. The van der Waals surface area contributed by atoms with E-state index in [0.717, 1.165) is 31.2 Å². The van der Waals surface area contributed by atoms with Gasteiger partial charge in [0.15, 0.2) is 0 Å². The van der Waals surface area contributed by atoms with Crippen molar-refractivity contribution in [3.63, 3.8) is 0 Å². The number of nitrogens with one attached hydrogen (secondary N) is 1. The first-order valence-electron chi connectivity index (χ1n) is 12.0. The van der Waals surface area contributed by atoms with Crippen LogP contribution in [0.1, 0.15) is 64.8 Å². The molecular formula is C28H27ClN2O3S. The Labute approximate surface area is 212 Å². The Kier molecular flexibility index (Phi) is 7.02. The molecular weight excluding hydrogens is 480 g/mol. The van der Waals surface area contributed by atoms with E-state index in [-0.39, 0.29) is 24.4 Å². The molecule has 1 heterocycles. The first kappa shape index (κ1) is 23.8. The number of carbonyl (C=O) groups excluding carboxylic acids is 2. The average Bonchev–Trinajstić information content (AvgIpc) is 3.19. The van der Waals surface area contributed by atoms with Crippen LogP contribution in [-0.4, -0.2) is 22.1 Å². The van der Waals surface area contributed by atoms with E-state index in [1.54, 1.807) is 59.5 Å². The first-order chi connectivity index (χ1) is 17.0. The molecule has 1 fully saturated rings. The maximum Gasteiger partial charge on any atom is 0.259 e. The van der Waals surface area contributed by atoms with E-state index in [4.69, 9.17) is 11.6 Å². The quantitative estimate of drug-likeness (QED) is 0.433. The molecule has 0 bridgehead atoms. The van der Waals surface area contributed by atoms with Crippen molar-refractivity contribution in [2.24, 2.45) is 0 Å². The SMILES string of the molecule is O=C(NC1CCCCCC1)c1ccc2c(c1)N(Cc1ccc(Cl)cc1)C(=O)c1ccccc1[S@@]2=O. The fourth-order valence-electron chi connectivity index (χ4n) is 4.83. The summed E-state index contributed by atoms with van der Waals surface area (Å²) in [6.07, 6.45) is 6.62.